The van der Waals surface area contributed by atoms with Crippen molar-refractivity contribution in [3.63, 3.8) is 0 Å². The highest BCUT2D eigenvalue weighted by Crippen LogP contribution is 2.46. The molecule has 2 aromatic rings. The summed E-state index contributed by atoms with van der Waals surface area (Å²) in [5, 5.41) is 24.2. The van der Waals surface area contributed by atoms with Gasteiger partial charge in [0.15, 0.2) is 6.23 Å². The molecule has 1 aromatic heterocycles. The van der Waals surface area contributed by atoms with Gasteiger partial charge in [0.2, 0.25) is 5.88 Å². The standard InChI is InChI=1S/C23H32N3O10P/c1-14(2)34-20(28)15(3)25-37(31,36-16-9-7-6-8-10-16)33-13-17-19(27)23(4,30)21(35-17)26-12-11-18(32-5)24-22(26)29/h6-12,14-15,17,19,21,27,30H,13H2,1-5H3,(H,25,31)/t15-,17+,19+,21+,23+,37-/m0/s1. The van der Waals surface area contributed by atoms with Gasteiger partial charge in [-0.05, 0) is 39.8 Å². The van der Waals surface area contributed by atoms with Crippen molar-refractivity contribution in [2.75, 3.05) is 13.7 Å². The zero-order valence-electron chi connectivity index (χ0n) is 21.1. The van der Waals surface area contributed by atoms with Crippen LogP contribution in [0.1, 0.15) is 33.9 Å². The second-order valence-electron chi connectivity index (χ2n) is 8.89. The Hall–Kier alpha value is -2.80. The Kier molecular flexibility index (Phi) is 9.11. The maximum absolute atomic E-state index is 13.6. The van der Waals surface area contributed by atoms with E-state index in [4.69, 9.17) is 23.3 Å². The fourth-order valence-electron chi connectivity index (χ4n) is 3.57. The number of rotatable bonds is 11. The van der Waals surface area contributed by atoms with Gasteiger partial charge in [-0.15, -0.1) is 0 Å². The quantitative estimate of drug-likeness (QED) is 0.277. The zero-order valence-corrected chi connectivity index (χ0v) is 22.0. The molecule has 2 heterocycles. The summed E-state index contributed by atoms with van der Waals surface area (Å²) < 4.78 is 41.6. The monoisotopic (exact) mass is 541 g/mol. The molecular weight excluding hydrogens is 509 g/mol. The first-order valence-electron chi connectivity index (χ1n) is 11.5. The van der Waals surface area contributed by atoms with E-state index in [9.17, 15) is 24.4 Å². The first kappa shape index (κ1) is 28.8. The molecular formula is C23H32N3O10P. The van der Waals surface area contributed by atoms with Crippen LogP contribution in [-0.2, 0) is 23.4 Å². The molecule has 0 radical (unpaired) electrons. The third-order valence-electron chi connectivity index (χ3n) is 5.46. The first-order chi connectivity index (χ1) is 17.4. The molecule has 204 valence electrons. The number of ether oxygens (including phenoxy) is 3. The average Bonchev–Trinajstić information content (AvgIpc) is 3.06. The number of nitrogens with one attached hydrogen (secondary N) is 1. The number of carbonyl (C=O) groups is 1. The van der Waals surface area contributed by atoms with Crippen molar-refractivity contribution in [3.05, 3.63) is 53.1 Å². The van der Waals surface area contributed by atoms with Gasteiger partial charge in [-0.2, -0.15) is 10.1 Å². The Bertz CT molecular complexity index is 1170. The first-order valence-corrected chi connectivity index (χ1v) is 13.1. The summed E-state index contributed by atoms with van der Waals surface area (Å²) in [5.74, 6) is -0.423. The van der Waals surface area contributed by atoms with Crippen molar-refractivity contribution in [3.8, 4) is 11.6 Å². The number of hydrogen-bond donors (Lipinski definition) is 3. The summed E-state index contributed by atoms with van der Waals surface area (Å²) in [6.45, 7) is 5.52. The van der Waals surface area contributed by atoms with Crippen LogP contribution < -0.4 is 20.0 Å². The minimum absolute atomic E-state index is 0.0644. The van der Waals surface area contributed by atoms with Gasteiger partial charge in [0.05, 0.1) is 19.8 Å². The van der Waals surface area contributed by atoms with Gasteiger partial charge < -0.3 is 28.9 Å². The zero-order chi connectivity index (χ0) is 27.4. The van der Waals surface area contributed by atoms with Gasteiger partial charge in [-0.1, -0.05) is 18.2 Å². The molecule has 6 atom stereocenters. The van der Waals surface area contributed by atoms with E-state index >= 15 is 0 Å². The van der Waals surface area contributed by atoms with Crippen molar-refractivity contribution in [2.24, 2.45) is 0 Å². The Labute approximate surface area is 213 Å². The third-order valence-corrected chi connectivity index (χ3v) is 7.10. The normalized spacial score (nSPS) is 25.9. The molecule has 0 unspecified atom stereocenters. The van der Waals surface area contributed by atoms with Crippen molar-refractivity contribution in [2.45, 2.75) is 63.9 Å². The van der Waals surface area contributed by atoms with E-state index in [1.165, 1.54) is 33.2 Å². The summed E-state index contributed by atoms with van der Waals surface area (Å²) >= 11 is 0. The molecule has 0 aliphatic carbocycles. The number of hydrogen-bond acceptors (Lipinski definition) is 11. The second-order valence-corrected chi connectivity index (χ2v) is 10.6. The van der Waals surface area contributed by atoms with Crippen LogP contribution in [-0.4, -0.2) is 69.4 Å². The van der Waals surface area contributed by atoms with E-state index in [1.54, 1.807) is 44.2 Å². The van der Waals surface area contributed by atoms with Crippen LogP contribution >= 0.6 is 7.75 Å². The van der Waals surface area contributed by atoms with Crippen molar-refractivity contribution in [1.29, 1.82) is 0 Å². The average molecular weight is 541 g/mol. The number of aliphatic hydroxyl groups excluding tert-OH is 1. The molecule has 1 aliphatic rings. The molecule has 1 fully saturated rings. The molecule has 1 aliphatic heterocycles. The largest absolute Gasteiger partial charge is 0.481 e. The number of nitrogens with zero attached hydrogens (tertiary/aromatic N) is 2. The summed E-state index contributed by atoms with van der Waals surface area (Å²) in [5.41, 5.74) is -2.73. The highest BCUT2D eigenvalue weighted by Gasteiger charge is 2.54. The van der Waals surface area contributed by atoms with Crippen LogP contribution in [0.15, 0.2) is 47.4 Å². The topological polar surface area (TPSA) is 168 Å². The van der Waals surface area contributed by atoms with Crippen LogP contribution in [0, 0.1) is 0 Å². The van der Waals surface area contributed by atoms with Gasteiger partial charge in [-0.3, -0.25) is 13.9 Å². The van der Waals surface area contributed by atoms with E-state index < -0.39 is 62.2 Å². The van der Waals surface area contributed by atoms with E-state index in [0.717, 1.165) is 4.57 Å². The lowest BCUT2D eigenvalue weighted by molar-refractivity contribution is -0.149. The Morgan fingerprint density at radius 3 is 2.54 bits per heavy atom. The van der Waals surface area contributed by atoms with E-state index in [1.807, 2.05) is 0 Å². The Balaban J connectivity index is 1.79. The van der Waals surface area contributed by atoms with Crippen molar-refractivity contribution < 1.29 is 42.8 Å². The predicted octanol–water partition coefficient (Wildman–Crippen LogP) is 1.39. The Morgan fingerprint density at radius 2 is 1.95 bits per heavy atom. The second kappa shape index (κ2) is 11.7. The lowest BCUT2D eigenvalue weighted by Gasteiger charge is -2.27. The lowest BCUT2D eigenvalue weighted by Crippen LogP contribution is -2.46. The fraction of sp³-hybridized carbons (Fsp3) is 0.522. The number of methoxy groups -OCH3 is 1. The van der Waals surface area contributed by atoms with Gasteiger partial charge in [0, 0.05) is 12.3 Å². The molecule has 0 amide bonds. The summed E-state index contributed by atoms with van der Waals surface area (Å²) in [6, 6.07) is 8.44. The number of aromatic nitrogens is 2. The van der Waals surface area contributed by atoms with Crippen LogP contribution in [0.2, 0.25) is 0 Å². The summed E-state index contributed by atoms with van der Waals surface area (Å²) in [7, 11) is -2.90. The molecule has 1 saturated heterocycles. The van der Waals surface area contributed by atoms with E-state index in [0.29, 0.717) is 0 Å². The van der Waals surface area contributed by atoms with Crippen LogP contribution in [0.5, 0.6) is 11.6 Å². The molecule has 0 spiro atoms. The Morgan fingerprint density at radius 1 is 1.27 bits per heavy atom. The number of carbonyl (C=O) groups excluding carboxylic acids is 1. The molecule has 3 rings (SSSR count). The van der Waals surface area contributed by atoms with Gasteiger partial charge in [0.25, 0.3) is 0 Å². The molecule has 37 heavy (non-hydrogen) atoms. The summed E-state index contributed by atoms with van der Waals surface area (Å²) in [4.78, 5) is 28.4. The minimum Gasteiger partial charge on any atom is -0.481 e. The maximum Gasteiger partial charge on any atom is 0.459 e. The highest BCUT2D eigenvalue weighted by molar-refractivity contribution is 7.52. The minimum atomic E-state index is -4.25. The maximum atomic E-state index is 13.6. The molecule has 14 heteroatoms. The molecule has 1 aromatic carbocycles. The predicted molar refractivity (Wildman–Crippen MR) is 130 cm³/mol. The fourth-order valence-corrected chi connectivity index (χ4v) is 5.08. The third kappa shape index (κ3) is 6.95. The van der Waals surface area contributed by atoms with Gasteiger partial charge >= 0.3 is 19.4 Å². The number of benzene rings is 1. The number of esters is 1. The van der Waals surface area contributed by atoms with E-state index in [-0.39, 0.29) is 11.6 Å². The molecule has 0 bridgehead atoms. The van der Waals surface area contributed by atoms with Crippen LogP contribution in [0.3, 0.4) is 0 Å². The van der Waals surface area contributed by atoms with Gasteiger partial charge in [0.1, 0.15) is 29.6 Å². The highest BCUT2D eigenvalue weighted by atomic mass is 31.2. The lowest BCUT2D eigenvalue weighted by atomic mass is 9.96. The van der Waals surface area contributed by atoms with E-state index in [2.05, 4.69) is 10.1 Å². The number of para-hydroxylation sites is 1. The molecule has 13 nitrogen and oxygen atoms in total. The molecule has 3 N–H and O–H groups in total. The number of aliphatic hydroxyl groups is 2. The summed E-state index contributed by atoms with van der Waals surface area (Å²) in [6.07, 6.45) is -3.23. The SMILES string of the molecule is COc1ccn([C@@H]2O[C@H](CO[P@@](=O)(N[C@@H](C)C(=O)OC(C)C)Oc3ccccc3)[C@@H](O)[C@@]2(C)O)c(=O)n1. The van der Waals surface area contributed by atoms with Crippen LogP contribution in [0.4, 0.5) is 0 Å². The smallest absolute Gasteiger partial charge is 0.459 e. The van der Waals surface area contributed by atoms with Crippen molar-refractivity contribution in [1.82, 2.24) is 14.6 Å². The van der Waals surface area contributed by atoms with Gasteiger partial charge in [-0.25, -0.2) is 9.36 Å². The van der Waals surface area contributed by atoms with Crippen LogP contribution in [0.25, 0.3) is 0 Å². The molecule has 0 saturated carbocycles. The van der Waals surface area contributed by atoms with Crippen molar-refractivity contribution >= 4 is 13.7 Å².